The second-order valence-corrected chi connectivity index (χ2v) is 5.85. The molecule has 0 aromatic heterocycles. The van der Waals surface area contributed by atoms with Gasteiger partial charge in [-0.25, -0.2) is 0 Å². The van der Waals surface area contributed by atoms with Gasteiger partial charge in [-0.1, -0.05) is 42.5 Å². The molecule has 0 aliphatic carbocycles. The number of carboxylic acids is 1. The molecular formula is C19H18NO4-. The molecule has 2 atom stereocenters. The topological polar surface area (TPSA) is 69.7 Å². The molecule has 124 valence electrons. The van der Waals surface area contributed by atoms with Gasteiger partial charge in [-0.2, -0.15) is 0 Å². The number of benzene rings is 2. The fourth-order valence-electron chi connectivity index (χ4n) is 3.18. The molecule has 1 amide bonds. The highest BCUT2D eigenvalue weighted by molar-refractivity contribution is 5.86. The van der Waals surface area contributed by atoms with Gasteiger partial charge < -0.3 is 19.5 Å². The van der Waals surface area contributed by atoms with E-state index in [4.69, 9.17) is 4.74 Å². The lowest BCUT2D eigenvalue weighted by atomic mass is 9.93. The van der Waals surface area contributed by atoms with Gasteiger partial charge in [0, 0.05) is 24.9 Å². The Morgan fingerprint density at radius 2 is 1.83 bits per heavy atom. The number of likely N-dealkylation sites (tertiary alicyclic amines) is 1. The van der Waals surface area contributed by atoms with Gasteiger partial charge in [0.1, 0.15) is 5.75 Å². The van der Waals surface area contributed by atoms with Crippen molar-refractivity contribution in [2.45, 2.75) is 19.0 Å². The summed E-state index contributed by atoms with van der Waals surface area (Å²) in [5.41, 5.74) is 1.73. The van der Waals surface area contributed by atoms with Gasteiger partial charge in [-0.3, -0.25) is 4.79 Å². The molecule has 2 aromatic rings. The highest BCUT2D eigenvalue weighted by Gasteiger charge is 2.41. The van der Waals surface area contributed by atoms with Crippen molar-refractivity contribution in [1.29, 1.82) is 0 Å². The highest BCUT2D eigenvalue weighted by Crippen LogP contribution is 2.39. The lowest BCUT2D eigenvalue weighted by Gasteiger charge is -2.29. The van der Waals surface area contributed by atoms with E-state index in [1.807, 2.05) is 30.3 Å². The molecule has 2 aromatic carbocycles. The summed E-state index contributed by atoms with van der Waals surface area (Å²) in [5, 5.41) is 11.5. The number of nitrogens with zero attached hydrogens (tertiary/aromatic N) is 1. The first-order valence-corrected chi connectivity index (χ1v) is 7.78. The average Bonchev–Trinajstić information content (AvgIpc) is 2.93. The summed E-state index contributed by atoms with van der Waals surface area (Å²) in [6.45, 7) is 0.375. The van der Waals surface area contributed by atoms with Crippen molar-refractivity contribution >= 4 is 11.9 Å². The third-order valence-corrected chi connectivity index (χ3v) is 4.39. The maximum atomic E-state index is 12.4. The Labute approximate surface area is 140 Å². The smallest absolute Gasteiger partial charge is 0.224 e. The average molecular weight is 324 g/mol. The molecule has 1 fully saturated rings. The maximum absolute atomic E-state index is 12.4. The van der Waals surface area contributed by atoms with Crippen LogP contribution in [0.4, 0.5) is 0 Å². The zero-order valence-electron chi connectivity index (χ0n) is 13.3. The molecule has 0 unspecified atom stereocenters. The van der Waals surface area contributed by atoms with Crippen LogP contribution in [0.5, 0.6) is 5.75 Å². The van der Waals surface area contributed by atoms with Crippen LogP contribution >= 0.6 is 0 Å². The molecule has 0 bridgehead atoms. The number of hydrogen-bond acceptors (Lipinski definition) is 4. The highest BCUT2D eigenvalue weighted by atomic mass is 16.5. The zero-order valence-corrected chi connectivity index (χ0v) is 13.3. The number of aliphatic carboxylic acids is 1. The summed E-state index contributed by atoms with van der Waals surface area (Å²) < 4.78 is 5.14. The minimum absolute atomic E-state index is 0.0359. The van der Waals surface area contributed by atoms with Gasteiger partial charge in [-0.15, -0.1) is 0 Å². The van der Waals surface area contributed by atoms with E-state index in [0.717, 1.165) is 11.1 Å². The monoisotopic (exact) mass is 324 g/mol. The minimum Gasteiger partial charge on any atom is -0.550 e. The molecule has 5 heteroatoms. The van der Waals surface area contributed by atoms with Gasteiger partial charge in [0.05, 0.1) is 13.2 Å². The molecule has 0 radical (unpaired) electrons. The molecule has 0 spiro atoms. The SMILES string of the molecule is COc1ccc([C@@H]2[C@H](C(=O)[O-])CC(=O)N2Cc2ccccc2)cc1. The predicted octanol–water partition coefficient (Wildman–Crippen LogP) is 1.53. The molecule has 1 saturated heterocycles. The Morgan fingerprint density at radius 3 is 2.42 bits per heavy atom. The first kappa shape index (κ1) is 16.1. The van der Waals surface area contributed by atoms with Crippen LogP contribution in [-0.2, 0) is 16.1 Å². The van der Waals surface area contributed by atoms with Crippen LogP contribution in [0.2, 0.25) is 0 Å². The third kappa shape index (κ3) is 3.11. The Balaban J connectivity index is 1.94. The van der Waals surface area contributed by atoms with Crippen LogP contribution in [0.25, 0.3) is 0 Å². The summed E-state index contributed by atoms with van der Waals surface area (Å²) in [6.07, 6.45) is -0.0359. The summed E-state index contributed by atoms with van der Waals surface area (Å²) in [7, 11) is 1.57. The number of methoxy groups -OCH3 is 1. The summed E-state index contributed by atoms with van der Waals surface area (Å²) in [4.78, 5) is 25.6. The second-order valence-electron chi connectivity index (χ2n) is 5.85. The van der Waals surface area contributed by atoms with Crippen molar-refractivity contribution in [2.75, 3.05) is 7.11 Å². The van der Waals surface area contributed by atoms with E-state index in [-0.39, 0.29) is 12.3 Å². The van der Waals surface area contributed by atoms with E-state index in [0.29, 0.717) is 12.3 Å². The maximum Gasteiger partial charge on any atom is 0.224 e. The molecule has 1 aliphatic heterocycles. The summed E-state index contributed by atoms with van der Waals surface area (Å²) in [6, 6.07) is 16.1. The zero-order chi connectivity index (χ0) is 17.1. The summed E-state index contributed by atoms with van der Waals surface area (Å²) in [5.74, 6) is -1.54. The number of carbonyl (C=O) groups is 2. The van der Waals surface area contributed by atoms with Gasteiger partial charge in [-0.05, 0) is 23.3 Å². The van der Waals surface area contributed by atoms with Crippen LogP contribution in [0.3, 0.4) is 0 Å². The lowest BCUT2D eigenvalue weighted by molar-refractivity contribution is -0.312. The molecule has 0 N–H and O–H groups in total. The van der Waals surface area contributed by atoms with Crippen molar-refractivity contribution in [1.82, 2.24) is 4.90 Å². The van der Waals surface area contributed by atoms with Crippen LogP contribution in [0, 0.1) is 5.92 Å². The van der Waals surface area contributed by atoms with Crippen LogP contribution in [0.15, 0.2) is 54.6 Å². The Morgan fingerprint density at radius 1 is 1.17 bits per heavy atom. The number of ether oxygens (including phenoxy) is 1. The number of carboxylic acid groups (broad SMARTS) is 1. The van der Waals surface area contributed by atoms with Gasteiger partial charge in [0.2, 0.25) is 5.91 Å². The van der Waals surface area contributed by atoms with Crippen molar-refractivity contribution in [3.8, 4) is 5.75 Å². The Bertz CT molecular complexity index is 727. The van der Waals surface area contributed by atoms with E-state index in [1.165, 1.54) is 0 Å². The van der Waals surface area contributed by atoms with Crippen LogP contribution < -0.4 is 9.84 Å². The molecule has 0 saturated carbocycles. The standard InChI is InChI=1S/C19H19NO4/c1-24-15-9-7-14(8-10-15)18-16(19(22)23)11-17(21)20(18)12-13-5-3-2-4-6-13/h2-10,16,18H,11-12H2,1H3,(H,22,23)/p-1/t16-,18-/m1/s1. The number of rotatable bonds is 5. The van der Waals surface area contributed by atoms with Crippen molar-refractivity contribution in [3.63, 3.8) is 0 Å². The van der Waals surface area contributed by atoms with Gasteiger partial charge in [0.25, 0.3) is 0 Å². The molecule has 24 heavy (non-hydrogen) atoms. The fourth-order valence-corrected chi connectivity index (χ4v) is 3.18. The van der Waals surface area contributed by atoms with Crippen molar-refractivity contribution in [2.24, 2.45) is 5.92 Å². The normalized spacial score (nSPS) is 20.2. The minimum atomic E-state index is -1.19. The third-order valence-electron chi connectivity index (χ3n) is 4.39. The van der Waals surface area contributed by atoms with E-state index < -0.39 is 17.9 Å². The van der Waals surface area contributed by atoms with E-state index in [2.05, 4.69) is 0 Å². The Kier molecular flexibility index (Phi) is 4.51. The van der Waals surface area contributed by atoms with Gasteiger partial charge >= 0.3 is 0 Å². The van der Waals surface area contributed by atoms with Gasteiger partial charge in [0.15, 0.2) is 0 Å². The second kappa shape index (κ2) is 6.74. The predicted molar refractivity (Wildman–Crippen MR) is 85.8 cm³/mol. The number of carbonyl (C=O) groups excluding carboxylic acids is 2. The van der Waals surface area contributed by atoms with E-state index in [9.17, 15) is 14.7 Å². The molecule has 1 aliphatic rings. The number of amides is 1. The molecule has 3 rings (SSSR count). The molecule has 1 heterocycles. The van der Waals surface area contributed by atoms with Crippen molar-refractivity contribution < 1.29 is 19.4 Å². The first-order chi connectivity index (χ1) is 11.6. The van der Waals surface area contributed by atoms with Crippen molar-refractivity contribution in [3.05, 3.63) is 65.7 Å². The Hall–Kier alpha value is -2.82. The largest absolute Gasteiger partial charge is 0.550 e. The van der Waals surface area contributed by atoms with Crippen LogP contribution in [0.1, 0.15) is 23.6 Å². The quantitative estimate of drug-likeness (QED) is 0.836. The lowest BCUT2D eigenvalue weighted by Crippen LogP contribution is -2.36. The fraction of sp³-hybridized carbons (Fsp3) is 0.263. The summed E-state index contributed by atoms with van der Waals surface area (Å²) >= 11 is 0. The number of hydrogen-bond donors (Lipinski definition) is 0. The first-order valence-electron chi connectivity index (χ1n) is 7.78. The van der Waals surface area contributed by atoms with E-state index >= 15 is 0 Å². The molecule has 5 nitrogen and oxygen atoms in total. The van der Waals surface area contributed by atoms with E-state index in [1.54, 1.807) is 36.3 Å². The van der Waals surface area contributed by atoms with Crippen LogP contribution in [-0.4, -0.2) is 23.9 Å². The molecular weight excluding hydrogens is 306 g/mol.